The Bertz CT molecular complexity index is 619. The molecule has 0 bridgehead atoms. The van der Waals surface area contributed by atoms with Crippen molar-refractivity contribution >= 4 is 13.2 Å². The Labute approximate surface area is 150 Å². The van der Waals surface area contributed by atoms with Gasteiger partial charge in [0.2, 0.25) is 0 Å². The number of aliphatic hydroxyl groups is 4. The maximum absolute atomic E-state index is 9.26. The van der Waals surface area contributed by atoms with Crippen molar-refractivity contribution in [2.45, 2.75) is 18.0 Å². The summed E-state index contributed by atoms with van der Waals surface area (Å²) >= 11 is 0. The molecule has 5 heteroatoms. The second-order valence-electron chi connectivity index (χ2n) is 6.31. The minimum absolute atomic E-state index is 0.0498. The van der Waals surface area contributed by atoms with Crippen LogP contribution in [-0.4, -0.2) is 53.5 Å². The number of hydrogen-bond acceptors (Lipinski definition) is 4. The maximum Gasteiger partial charge on any atom is 0.0521 e. The highest BCUT2D eigenvalue weighted by atomic mass is 31.1. The molecule has 2 rings (SSSR count). The van der Waals surface area contributed by atoms with Crippen molar-refractivity contribution in [2.75, 3.05) is 33.1 Å². The van der Waals surface area contributed by atoms with E-state index in [0.29, 0.717) is 0 Å². The molecule has 0 saturated heterocycles. The summed E-state index contributed by atoms with van der Waals surface area (Å²) in [7, 11) is -0.348. The van der Waals surface area contributed by atoms with Crippen LogP contribution in [0.1, 0.15) is 28.5 Å². The molecule has 25 heavy (non-hydrogen) atoms. The van der Waals surface area contributed by atoms with E-state index in [-0.39, 0.29) is 46.2 Å². The van der Waals surface area contributed by atoms with E-state index in [4.69, 9.17) is 0 Å². The van der Waals surface area contributed by atoms with Gasteiger partial charge < -0.3 is 20.4 Å². The molecule has 2 aromatic carbocycles. The largest absolute Gasteiger partial charge is 0.396 e. The molecule has 0 aromatic heterocycles. The van der Waals surface area contributed by atoms with Crippen LogP contribution in [0.25, 0.3) is 0 Å². The molecule has 0 fully saturated rings. The summed E-state index contributed by atoms with van der Waals surface area (Å²) in [4.78, 5) is 0. The van der Waals surface area contributed by atoms with Crippen molar-refractivity contribution in [2.24, 2.45) is 0 Å². The zero-order valence-electron chi connectivity index (χ0n) is 14.5. The van der Waals surface area contributed by atoms with Gasteiger partial charge in [-0.25, -0.2) is 0 Å². The third-order valence-corrected chi connectivity index (χ3v) is 6.58. The molecule has 136 valence electrons. The van der Waals surface area contributed by atoms with Crippen molar-refractivity contribution < 1.29 is 20.4 Å². The fourth-order valence-corrected chi connectivity index (χ4v) is 4.40. The van der Waals surface area contributed by atoms with Gasteiger partial charge in [0.05, 0.1) is 26.4 Å². The van der Waals surface area contributed by atoms with Crippen LogP contribution in [0.5, 0.6) is 0 Å². The second-order valence-corrected chi connectivity index (χ2v) is 8.54. The smallest absolute Gasteiger partial charge is 0.0521 e. The summed E-state index contributed by atoms with van der Waals surface area (Å²) in [6.07, 6.45) is 0.960. The molecule has 0 aliphatic carbocycles. The highest BCUT2D eigenvalue weighted by Crippen LogP contribution is 2.35. The van der Waals surface area contributed by atoms with Crippen molar-refractivity contribution in [3.63, 3.8) is 0 Å². The first kappa shape index (κ1) is 20.0. The average molecular weight is 362 g/mol. The van der Waals surface area contributed by atoms with Crippen LogP contribution in [0, 0.1) is 0 Å². The molecule has 4 N–H and O–H groups in total. The molecule has 0 radical (unpaired) electrons. The van der Waals surface area contributed by atoms with E-state index >= 15 is 0 Å². The van der Waals surface area contributed by atoms with Crippen LogP contribution < -0.4 is 5.30 Å². The van der Waals surface area contributed by atoms with E-state index < -0.39 is 0 Å². The Kier molecular flexibility index (Phi) is 8.01. The Morgan fingerprint density at radius 1 is 0.680 bits per heavy atom. The van der Waals surface area contributed by atoms with Crippen molar-refractivity contribution in [3.8, 4) is 0 Å². The van der Waals surface area contributed by atoms with E-state index in [2.05, 4.69) is 30.9 Å². The summed E-state index contributed by atoms with van der Waals surface area (Å²) in [5, 5.41) is 38.3. The fourth-order valence-electron chi connectivity index (χ4n) is 2.80. The number of hydrogen-bond donors (Lipinski definition) is 4. The quantitative estimate of drug-likeness (QED) is 0.513. The normalized spacial score (nSPS) is 12.8. The highest BCUT2D eigenvalue weighted by Gasteiger charge is 2.12. The van der Waals surface area contributed by atoms with Gasteiger partial charge in [-0.1, -0.05) is 56.5 Å². The van der Waals surface area contributed by atoms with Crippen molar-refractivity contribution in [3.05, 3.63) is 65.2 Å². The van der Waals surface area contributed by atoms with Gasteiger partial charge >= 0.3 is 0 Å². The van der Waals surface area contributed by atoms with E-state index in [9.17, 15) is 20.4 Å². The van der Waals surface area contributed by atoms with Gasteiger partial charge in [0, 0.05) is 11.8 Å². The number of benzene rings is 2. The van der Waals surface area contributed by atoms with Crippen molar-refractivity contribution in [1.82, 2.24) is 0 Å². The summed E-state index contributed by atoms with van der Waals surface area (Å²) in [6, 6.07) is 16.2. The SMILES string of the molecule is CP(Cc1ccc(C(CO)CO)cc1)c1ccc(C(CO)CO)cc1. The highest BCUT2D eigenvalue weighted by molar-refractivity contribution is 7.64. The minimum Gasteiger partial charge on any atom is -0.396 e. The lowest BCUT2D eigenvalue weighted by atomic mass is 10.00. The van der Waals surface area contributed by atoms with Crippen LogP contribution in [0.2, 0.25) is 0 Å². The molecule has 1 atom stereocenters. The molecule has 0 aliphatic heterocycles. The molecular weight excluding hydrogens is 335 g/mol. The Morgan fingerprint density at radius 3 is 1.48 bits per heavy atom. The average Bonchev–Trinajstić information content (AvgIpc) is 2.65. The molecule has 0 saturated carbocycles. The van der Waals surface area contributed by atoms with Crippen molar-refractivity contribution in [1.29, 1.82) is 0 Å². The van der Waals surface area contributed by atoms with Gasteiger partial charge in [0.15, 0.2) is 0 Å². The predicted octanol–water partition coefficient (Wildman–Crippen LogP) is 1.76. The lowest BCUT2D eigenvalue weighted by Gasteiger charge is -2.17. The Balaban J connectivity index is 2.02. The Hall–Kier alpha value is -1.29. The van der Waals surface area contributed by atoms with Crippen LogP contribution in [-0.2, 0) is 6.16 Å². The van der Waals surface area contributed by atoms with Gasteiger partial charge in [-0.05, 0) is 34.8 Å². The molecule has 4 nitrogen and oxygen atoms in total. The predicted molar refractivity (Wildman–Crippen MR) is 103 cm³/mol. The second kappa shape index (κ2) is 10.0. The summed E-state index contributed by atoms with van der Waals surface area (Å²) in [5.41, 5.74) is 3.15. The van der Waals surface area contributed by atoms with Crippen LogP contribution in [0.15, 0.2) is 48.5 Å². The third-order valence-electron chi connectivity index (χ3n) is 4.56. The van der Waals surface area contributed by atoms with Crippen LogP contribution in [0.3, 0.4) is 0 Å². The first-order chi connectivity index (χ1) is 12.1. The first-order valence-corrected chi connectivity index (χ1v) is 10.4. The molecule has 0 aliphatic rings. The number of aliphatic hydroxyl groups excluding tert-OH is 4. The lowest BCUT2D eigenvalue weighted by Crippen LogP contribution is -2.10. The van der Waals surface area contributed by atoms with Gasteiger partial charge in [0.25, 0.3) is 0 Å². The topological polar surface area (TPSA) is 80.9 Å². The summed E-state index contributed by atoms with van der Waals surface area (Å²) in [6.45, 7) is 2.03. The fraction of sp³-hybridized carbons (Fsp3) is 0.400. The number of rotatable bonds is 9. The molecule has 1 unspecified atom stereocenters. The maximum atomic E-state index is 9.26. The zero-order valence-corrected chi connectivity index (χ0v) is 15.4. The summed E-state index contributed by atoms with van der Waals surface area (Å²) in [5.74, 6) is -0.425. The molecule has 0 spiro atoms. The van der Waals surface area contributed by atoms with Gasteiger partial charge in [-0.15, -0.1) is 0 Å². The third kappa shape index (κ3) is 5.34. The summed E-state index contributed by atoms with van der Waals surface area (Å²) < 4.78 is 0. The molecule has 0 heterocycles. The molecule has 2 aromatic rings. The molecule has 0 amide bonds. The van der Waals surface area contributed by atoms with Crippen LogP contribution >= 0.6 is 7.92 Å². The standard InChI is InChI=1S/C20H27O4P/c1-25(20-8-6-17(7-9-20)19(12-23)13-24)14-15-2-4-16(5-3-15)18(10-21)11-22/h2-9,18-19,21-24H,10-14H2,1H3. The zero-order chi connectivity index (χ0) is 18.2. The minimum atomic E-state index is -0.348. The molecular formula is C20H27O4P. The van der Waals surface area contributed by atoms with E-state index in [0.717, 1.165) is 17.3 Å². The van der Waals surface area contributed by atoms with Gasteiger partial charge in [0.1, 0.15) is 0 Å². The first-order valence-electron chi connectivity index (χ1n) is 8.46. The Morgan fingerprint density at radius 2 is 1.08 bits per heavy atom. The van der Waals surface area contributed by atoms with Gasteiger partial charge in [-0.3, -0.25) is 0 Å². The van der Waals surface area contributed by atoms with Crippen LogP contribution in [0.4, 0.5) is 0 Å². The van der Waals surface area contributed by atoms with Gasteiger partial charge in [-0.2, -0.15) is 0 Å². The lowest BCUT2D eigenvalue weighted by molar-refractivity contribution is 0.192. The van der Waals surface area contributed by atoms with E-state index in [1.807, 2.05) is 24.3 Å². The van der Waals surface area contributed by atoms with E-state index in [1.165, 1.54) is 10.9 Å². The van der Waals surface area contributed by atoms with E-state index in [1.54, 1.807) is 0 Å². The monoisotopic (exact) mass is 362 g/mol.